The summed E-state index contributed by atoms with van der Waals surface area (Å²) in [5.41, 5.74) is 30.3. The van der Waals surface area contributed by atoms with E-state index in [1.165, 1.54) is 15.3 Å². The van der Waals surface area contributed by atoms with Gasteiger partial charge in [0.15, 0.2) is 11.6 Å². The molecule has 18 nitrogen and oxygen atoms in total. The topological polar surface area (TPSA) is 269 Å². The van der Waals surface area contributed by atoms with Gasteiger partial charge in [-0.2, -0.15) is 15.8 Å². The van der Waals surface area contributed by atoms with Crippen molar-refractivity contribution in [2.75, 3.05) is 45.8 Å². The number of aryl methyl sites for hydroxylation is 2. The second-order valence-corrected chi connectivity index (χ2v) is 68.5. The van der Waals surface area contributed by atoms with Crippen LogP contribution in [0.2, 0.25) is 0 Å². The number of hydrogen-bond acceptors (Lipinski definition) is 14. The predicted molar refractivity (Wildman–Crippen MR) is 526 cm³/mol. The number of carbonyl (C=O) groups is 2. The molecule has 5 N–H and O–H groups in total. The van der Waals surface area contributed by atoms with Crippen LogP contribution in [-0.4, -0.2) is 101 Å². The van der Waals surface area contributed by atoms with Crippen molar-refractivity contribution in [3.05, 3.63) is 263 Å². The minimum absolute atomic E-state index is 0. The van der Waals surface area contributed by atoms with Gasteiger partial charge in [-0.15, -0.1) is 11.6 Å². The predicted octanol–water partition coefficient (Wildman–Crippen LogP) is 24.3. The van der Waals surface area contributed by atoms with Gasteiger partial charge in [-0.25, -0.2) is 9.97 Å². The number of fused-ring (bicyclic) bond motifs is 4. The van der Waals surface area contributed by atoms with E-state index in [1.807, 2.05) is 142 Å². The van der Waals surface area contributed by atoms with Crippen LogP contribution in [0.15, 0.2) is 200 Å². The first kappa shape index (κ1) is 100. The fourth-order valence-corrected chi connectivity index (χ4v) is 11.3. The summed E-state index contributed by atoms with van der Waals surface area (Å²) in [6.45, 7) is 22.5. The van der Waals surface area contributed by atoms with Gasteiger partial charge in [0.05, 0.1) is 116 Å². The van der Waals surface area contributed by atoms with Crippen molar-refractivity contribution < 1.29 is 14.5 Å². The molecule has 1 fully saturated rings. The number of benzene rings is 3. The maximum absolute atomic E-state index is 13.2. The first-order chi connectivity index (χ1) is 53.4. The SMILES string of the molecule is CC.CC#Cc1ncccc1N.CC(I)I.CCI.CCI.Cc1c(C(=O)CCl)c2ncccc2n1-c1ccc(C#N)cc1.Cc1c(C(=O)CN2CCCCC2)c2ncccc2n1-c1ccc(C#N)cc1.Cc1cc2ncccc2[nH]1.Cc1cc2ncccc2n1-c1ccc(C#N)cc1.Nc1cccnc1Br.[CH3-].[I][V]([I])[I]. The molecule has 0 atom stereocenters. The summed E-state index contributed by atoms with van der Waals surface area (Å²) >= 11 is 25.5. The van der Waals surface area contributed by atoms with Gasteiger partial charge in [-0.3, -0.25) is 34.4 Å². The maximum atomic E-state index is 13.2. The van der Waals surface area contributed by atoms with Crippen molar-refractivity contribution >= 4 is 245 Å². The number of H-pyrrole nitrogens is 1. The molecular weight excluding hydrogens is 2320 g/mol. The molecule has 3 aromatic carbocycles. The number of anilines is 2. The molecule has 11 heterocycles. The third-order valence-corrected chi connectivity index (χ3v) is 16.2. The Labute approximate surface area is 765 Å². The van der Waals surface area contributed by atoms with E-state index in [0.29, 0.717) is 61.6 Å². The zero-order valence-corrected chi connectivity index (χ0v) is 82.9. The molecule has 0 radical (unpaired) electrons. The number of hydrogen-bond donors (Lipinski definition) is 3. The molecule has 1 aliphatic rings. The van der Waals surface area contributed by atoms with E-state index in [1.54, 1.807) is 92.6 Å². The molecule has 0 amide bonds. The van der Waals surface area contributed by atoms with E-state index >= 15 is 0 Å². The number of pyridine rings is 6. The summed E-state index contributed by atoms with van der Waals surface area (Å²) in [5.74, 6) is 5.43. The summed E-state index contributed by atoms with van der Waals surface area (Å²) in [5, 5.41) is 26.8. The normalized spacial score (nSPS) is 10.7. The van der Waals surface area contributed by atoms with Gasteiger partial charge in [0.1, 0.15) is 10.3 Å². The number of nitrogen functional groups attached to an aromatic ring is 2. The number of aromatic nitrogens is 10. The summed E-state index contributed by atoms with van der Waals surface area (Å²) in [4.78, 5) is 55.7. The number of rotatable bonds is 8. The Bertz CT molecular complexity index is 5170. The summed E-state index contributed by atoms with van der Waals surface area (Å²) in [7, 11) is 0. The van der Waals surface area contributed by atoms with Crippen LogP contribution in [0.4, 0.5) is 11.4 Å². The summed E-state index contributed by atoms with van der Waals surface area (Å²) in [6, 6.07) is 55.4. The van der Waals surface area contributed by atoms with Crippen molar-refractivity contribution in [3.63, 3.8) is 0 Å². The first-order valence-corrected chi connectivity index (χ1v) is 55.1. The molecule has 0 unspecified atom stereocenters. The molecule has 14 rings (SSSR count). The molecule has 28 heteroatoms. The molecule has 1 saturated heterocycles. The standard InChI is InChI=1S/C22H22N4O.C17H12ClN3O.C15H11N3.2C8H8N2.C5H5BrN2.C2H4I2.2C2H5I.C2H6.CH3.3HI.V/c1-16-21(20(27)15-25-12-3-2-4-13-25)22-19(6-5-11-24-22)26(16)18-9-7-17(14-23)8-10-18;1-11-16(15(22)9-18)17-14(3-2-8-20-17)21(11)13-6-4-12(10-19)5-7-13;1-11-9-14-15(3-2-8-17-14)18(11)13-6-4-12(10-16)5-7-13;1-6-5-8-7(10-6)3-2-4-9-8;1-2-4-8-7(9)5-3-6-10-8;6-5-4(7)2-1-3-8-5;1-2(3)4;2*1-2-3;1-2;;;;;/h5-11H,2-4,12-13,15H2,1H3;2-8H,9H2,1H3;2-9H,1H3;2-5,10H,1H3;3,5-6H,9H2,1H3;1-3H,7H2;2H,1H3;2*2H2,1H3;1-2H3;1H3;3*1H;/q;;;;;;;;;;-1;;;;+3/p-3. The fourth-order valence-electron chi connectivity index (χ4n) is 11.0. The third kappa shape index (κ3) is 32.3. The molecule has 0 aliphatic carbocycles. The van der Waals surface area contributed by atoms with E-state index in [0.717, 1.165) is 106 Å². The number of likely N-dealkylation sites (tertiary alicyclic amines) is 1. The van der Waals surface area contributed by atoms with Crippen LogP contribution in [0.1, 0.15) is 127 Å². The van der Waals surface area contributed by atoms with Crippen LogP contribution >= 0.6 is 178 Å². The van der Waals surface area contributed by atoms with Crippen LogP contribution in [0.25, 0.3) is 61.2 Å². The van der Waals surface area contributed by atoms with Crippen molar-refractivity contribution in [1.29, 1.82) is 15.8 Å². The van der Waals surface area contributed by atoms with Crippen LogP contribution in [0, 0.1) is 81.0 Å². The Hall–Kier alpha value is -5.89. The quantitative estimate of drug-likeness (QED) is 0.0319. The molecule has 0 saturated carbocycles. The number of piperidine rings is 1. The van der Waals surface area contributed by atoms with Crippen LogP contribution in [0.3, 0.4) is 0 Å². The molecule has 112 heavy (non-hydrogen) atoms. The third-order valence-electron chi connectivity index (χ3n) is 15.3. The fraction of sp³-hybridized carbons (Fsp3) is 0.238. The van der Waals surface area contributed by atoms with Gasteiger partial charge in [0.25, 0.3) is 0 Å². The second kappa shape index (κ2) is 55.6. The first-order valence-electron chi connectivity index (χ1n) is 34.7. The van der Waals surface area contributed by atoms with E-state index < -0.39 is 0 Å². The van der Waals surface area contributed by atoms with Gasteiger partial charge in [0, 0.05) is 77.0 Å². The van der Waals surface area contributed by atoms with Crippen LogP contribution in [0.5, 0.6) is 0 Å². The molecule has 0 bridgehead atoms. The Morgan fingerprint density at radius 2 is 0.955 bits per heavy atom. The van der Waals surface area contributed by atoms with Crippen molar-refractivity contribution in [1.82, 2.24) is 53.5 Å². The molecule has 586 valence electrons. The number of halogens is 9. The molecule has 0 spiro atoms. The van der Waals surface area contributed by atoms with Gasteiger partial charge >= 0.3 is 64.9 Å². The Kier molecular flexibility index (Phi) is 49.8. The Morgan fingerprint density at radius 1 is 0.571 bits per heavy atom. The zero-order valence-electron chi connectivity index (χ0n) is 64.1. The van der Waals surface area contributed by atoms with Gasteiger partial charge < -0.3 is 37.6 Å². The van der Waals surface area contributed by atoms with E-state index in [-0.39, 0.29) is 29.8 Å². The number of Topliss-reactive ketones (excluding diaryl/α,β-unsaturated/α-hetero) is 2. The number of ketones is 2. The zero-order chi connectivity index (χ0) is 82.0. The number of nitriles is 3. The van der Waals surface area contributed by atoms with Gasteiger partial charge in [-0.1, -0.05) is 130 Å². The number of nitrogens with two attached hydrogens (primary N) is 2. The second-order valence-electron chi connectivity index (χ2n) is 23.0. The average Bonchev–Trinajstić information content (AvgIpc) is 1.62. The van der Waals surface area contributed by atoms with Gasteiger partial charge in [0.2, 0.25) is 0 Å². The summed E-state index contributed by atoms with van der Waals surface area (Å²) in [6.07, 6.45) is 13.9. The van der Waals surface area contributed by atoms with Crippen molar-refractivity contribution in [2.45, 2.75) is 90.4 Å². The van der Waals surface area contributed by atoms with Crippen molar-refractivity contribution in [2.24, 2.45) is 0 Å². The van der Waals surface area contributed by atoms with E-state index in [9.17, 15) is 9.59 Å². The summed E-state index contributed by atoms with van der Waals surface area (Å²) < 4.78 is 10.1. The van der Waals surface area contributed by atoms with Crippen LogP contribution in [-0.2, 0) is 4.92 Å². The average molecular weight is 2410 g/mol. The minimum atomic E-state index is -0.278. The molecule has 1 aliphatic heterocycles. The molecular formula is C84H89BrClI7N16O2V-. The van der Waals surface area contributed by atoms with E-state index in [4.69, 9.17) is 38.9 Å². The molecule has 13 aromatic rings. The Balaban J connectivity index is 0.000000347. The number of aromatic amines is 1. The number of nitrogens with zero attached hydrogens (tertiary/aromatic N) is 13. The van der Waals surface area contributed by atoms with Crippen molar-refractivity contribution in [3.8, 4) is 47.1 Å². The monoisotopic (exact) mass is 2410 g/mol. The Morgan fingerprint density at radius 3 is 1.36 bits per heavy atom. The number of nitrogens with one attached hydrogen (secondary N) is 1. The molecule has 10 aromatic heterocycles. The van der Waals surface area contributed by atoms with Gasteiger partial charge in [-0.05, 0) is 256 Å². The number of alkyl halides is 5. The van der Waals surface area contributed by atoms with Crippen LogP contribution < -0.4 is 11.5 Å². The number of carbonyl (C=O) groups excluding carboxylic acids is 2. The van der Waals surface area contributed by atoms with E-state index in [2.05, 4.69) is 279 Å².